The molecule has 10 heteroatoms. The Morgan fingerprint density at radius 1 is 1.33 bits per heavy atom. The Kier molecular flexibility index (Phi) is 6.05. The number of nitrogens with zero attached hydrogens (tertiary/aromatic N) is 3. The summed E-state index contributed by atoms with van der Waals surface area (Å²) >= 11 is 1.04. The number of anilines is 1. The van der Waals surface area contributed by atoms with Crippen molar-refractivity contribution in [3.63, 3.8) is 0 Å². The largest absolute Gasteiger partial charge is 0.376 e. The highest BCUT2D eigenvalue weighted by Gasteiger charge is 2.21. The van der Waals surface area contributed by atoms with Crippen molar-refractivity contribution in [2.45, 2.75) is 30.6 Å². The molecule has 0 bridgehead atoms. The SMILES string of the molecule is O=C(CSc1nc2ncccc2c(=O)n1C[C@H]1CCCO1)Nc1ccc(F)cc1F. The number of fused-ring (bicyclic) bond motifs is 1. The van der Waals surface area contributed by atoms with Gasteiger partial charge in [0.05, 0.1) is 29.5 Å². The number of amides is 1. The van der Waals surface area contributed by atoms with Crippen LogP contribution in [-0.4, -0.2) is 38.9 Å². The van der Waals surface area contributed by atoms with Gasteiger partial charge >= 0.3 is 0 Å². The van der Waals surface area contributed by atoms with E-state index in [0.29, 0.717) is 35.4 Å². The van der Waals surface area contributed by atoms with Crippen LogP contribution in [0.25, 0.3) is 11.0 Å². The minimum absolute atomic E-state index is 0.0971. The van der Waals surface area contributed by atoms with E-state index in [1.165, 1.54) is 10.8 Å². The second-order valence-corrected chi connectivity index (χ2v) is 7.72. The van der Waals surface area contributed by atoms with Crippen molar-refractivity contribution in [1.29, 1.82) is 0 Å². The van der Waals surface area contributed by atoms with Crippen molar-refractivity contribution in [3.8, 4) is 0 Å². The van der Waals surface area contributed by atoms with Crippen molar-refractivity contribution in [3.05, 3.63) is 58.5 Å². The maximum Gasteiger partial charge on any atom is 0.263 e. The van der Waals surface area contributed by atoms with Crippen LogP contribution >= 0.6 is 11.8 Å². The van der Waals surface area contributed by atoms with Gasteiger partial charge in [0.25, 0.3) is 5.56 Å². The predicted octanol–water partition coefficient (Wildman–Crippen LogP) is 2.98. The molecule has 156 valence electrons. The summed E-state index contributed by atoms with van der Waals surface area (Å²) < 4.78 is 33.9. The van der Waals surface area contributed by atoms with E-state index in [9.17, 15) is 18.4 Å². The predicted molar refractivity (Wildman–Crippen MR) is 108 cm³/mol. The molecule has 0 spiro atoms. The molecular formula is C20H18F2N4O3S. The van der Waals surface area contributed by atoms with Gasteiger partial charge in [-0.25, -0.2) is 18.7 Å². The molecule has 2 aromatic heterocycles. The van der Waals surface area contributed by atoms with Crippen molar-refractivity contribution in [2.75, 3.05) is 17.7 Å². The Balaban J connectivity index is 1.56. The molecule has 30 heavy (non-hydrogen) atoms. The standard InChI is InChI=1S/C20H18F2N4O3S/c21-12-5-6-16(15(22)9-12)24-17(27)11-30-20-25-18-14(4-1-7-23-18)19(28)26(20)10-13-3-2-8-29-13/h1,4-7,9,13H,2-3,8,10-11H2,(H,24,27)/t13-/m1/s1. The number of benzene rings is 1. The number of aromatic nitrogens is 3. The number of ether oxygens (including phenoxy) is 1. The normalized spacial score (nSPS) is 16.1. The molecule has 3 aromatic rings. The zero-order valence-electron chi connectivity index (χ0n) is 15.8. The lowest BCUT2D eigenvalue weighted by atomic mass is 10.2. The fourth-order valence-corrected chi connectivity index (χ4v) is 4.00. The average molecular weight is 432 g/mol. The highest BCUT2D eigenvalue weighted by Crippen LogP contribution is 2.21. The third-order valence-electron chi connectivity index (χ3n) is 4.64. The maximum atomic E-state index is 13.8. The molecule has 0 aliphatic carbocycles. The maximum absolute atomic E-state index is 13.8. The van der Waals surface area contributed by atoms with Gasteiger partial charge in [0.1, 0.15) is 11.6 Å². The fourth-order valence-electron chi connectivity index (χ4n) is 3.21. The van der Waals surface area contributed by atoms with Crippen LogP contribution in [0.5, 0.6) is 0 Å². The lowest BCUT2D eigenvalue weighted by molar-refractivity contribution is -0.113. The number of pyridine rings is 1. The van der Waals surface area contributed by atoms with E-state index in [2.05, 4.69) is 15.3 Å². The lowest BCUT2D eigenvalue weighted by Crippen LogP contribution is -2.29. The molecule has 0 saturated carbocycles. The van der Waals surface area contributed by atoms with Crippen LogP contribution in [0.1, 0.15) is 12.8 Å². The number of hydrogen-bond acceptors (Lipinski definition) is 6. The van der Waals surface area contributed by atoms with E-state index in [-0.39, 0.29) is 23.1 Å². The molecule has 7 nitrogen and oxygen atoms in total. The van der Waals surface area contributed by atoms with E-state index in [1.54, 1.807) is 12.1 Å². The quantitative estimate of drug-likeness (QED) is 0.476. The van der Waals surface area contributed by atoms with E-state index in [1.807, 2.05) is 0 Å². The second-order valence-electron chi connectivity index (χ2n) is 6.78. The van der Waals surface area contributed by atoms with Crippen LogP contribution in [0.15, 0.2) is 46.5 Å². The minimum atomic E-state index is -0.864. The summed E-state index contributed by atoms with van der Waals surface area (Å²) in [4.78, 5) is 33.8. The lowest BCUT2D eigenvalue weighted by Gasteiger charge is -2.16. The van der Waals surface area contributed by atoms with E-state index >= 15 is 0 Å². The van der Waals surface area contributed by atoms with Crippen molar-refractivity contribution < 1.29 is 18.3 Å². The Morgan fingerprint density at radius 2 is 2.20 bits per heavy atom. The first-order chi connectivity index (χ1) is 14.5. The molecule has 1 saturated heterocycles. The summed E-state index contributed by atoms with van der Waals surface area (Å²) in [5.41, 5.74) is -0.0819. The number of halogens is 2. The van der Waals surface area contributed by atoms with Gasteiger partial charge in [0.2, 0.25) is 5.91 Å². The first-order valence-electron chi connectivity index (χ1n) is 9.36. The van der Waals surface area contributed by atoms with Gasteiger partial charge in [0, 0.05) is 18.9 Å². The zero-order valence-corrected chi connectivity index (χ0v) is 16.6. The van der Waals surface area contributed by atoms with E-state index < -0.39 is 17.5 Å². The number of carbonyl (C=O) groups excluding carboxylic acids is 1. The van der Waals surface area contributed by atoms with Gasteiger partial charge in [-0.3, -0.25) is 14.2 Å². The molecule has 1 aromatic carbocycles. The van der Waals surface area contributed by atoms with Gasteiger partial charge in [-0.1, -0.05) is 11.8 Å². The topological polar surface area (TPSA) is 86.1 Å². The summed E-state index contributed by atoms with van der Waals surface area (Å²) in [5, 5.41) is 3.11. The van der Waals surface area contributed by atoms with Crippen LogP contribution in [0.2, 0.25) is 0 Å². The monoisotopic (exact) mass is 432 g/mol. The fraction of sp³-hybridized carbons (Fsp3) is 0.300. The van der Waals surface area contributed by atoms with Crippen molar-refractivity contribution in [1.82, 2.24) is 14.5 Å². The summed E-state index contributed by atoms with van der Waals surface area (Å²) in [6.45, 7) is 0.976. The van der Waals surface area contributed by atoms with Crippen molar-refractivity contribution in [2.24, 2.45) is 0 Å². The summed E-state index contributed by atoms with van der Waals surface area (Å²) in [7, 11) is 0. The molecule has 0 unspecified atom stereocenters. The molecule has 4 rings (SSSR count). The Bertz CT molecular complexity index is 1150. The zero-order chi connectivity index (χ0) is 21.1. The third kappa shape index (κ3) is 4.49. The highest BCUT2D eigenvalue weighted by molar-refractivity contribution is 7.99. The number of nitrogens with one attached hydrogen (secondary N) is 1. The van der Waals surface area contributed by atoms with Gasteiger partial charge in [-0.2, -0.15) is 0 Å². The van der Waals surface area contributed by atoms with Crippen LogP contribution in [0, 0.1) is 11.6 Å². The van der Waals surface area contributed by atoms with Crippen LogP contribution < -0.4 is 10.9 Å². The average Bonchev–Trinajstić information content (AvgIpc) is 3.24. The summed E-state index contributed by atoms with van der Waals surface area (Å²) in [5.74, 6) is -2.22. The Hall–Kier alpha value is -2.85. The van der Waals surface area contributed by atoms with Gasteiger partial charge in [-0.05, 0) is 37.1 Å². The van der Waals surface area contributed by atoms with Gasteiger partial charge < -0.3 is 10.1 Å². The van der Waals surface area contributed by atoms with Crippen LogP contribution in [0.3, 0.4) is 0 Å². The van der Waals surface area contributed by atoms with E-state index in [4.69, 9.17) is 4.74 Å². The molecule has 1 N–H and O–H groups in total. The molecule has 1 fully saturated rings. The van der Waals surface area contributed by atoms with Crippen LogP contribution in [0.4, 0.5) is 14.5 Å². The molecular weight excluding hydrogens is 414 g/mol. The van der Waals surface area contributed by atoms with Crippen molar-refractivity contribution >= 4 is 34.4 Å². The number of carbonyl (C=O) groups is 1. The van der Waals surface area contributed by atoms with Gasteiger partial charge in [0.15, 0.2) is 10.8 Å². The second kappa shape index (κ2) is 8.88. The number of rotatable bonds is 6. The first kappa shape index (κ1) is 20.4. The molecule has 1 aliphatic heterocycles. The van der Waals surface area contributed by atoms with E-state index in [0.717, 1.165) is 36.7 Å². The minimum Gasteiger partial charge on any atom is -0.376 e. The Morgan fingerprint density at radius 3 is 2.97 bits per heavy atom. The third-order valence-corrected chi connectivity index (χ3v) is 5.62. The molecule has 1 amide bonds. The highest BCUT2D eigenvalue weighted by atomic mass is 32.2. The summed E-state index contributed by atoms with van der Waals surface area (Å²) in [6, 6.07) is 6.22. The number of thioether (sulfide) groups is 1. The van der Waals surface area contributed by atoms with Crippen LogP contribution in [-0.2, 0) is 16.1 Å². The van der Waals surface area contributed by atoms with Gasteiger partial charge in [-0.15, -0.1) is 0 Å². The Labute approximate surface area is 174 Å². The molecule has 0 radical (unpaired) electrons. The first-order valence-corrected chi connectivity index (χ1v) is 10.3. The molecule has 3 heterocycles. The smallest absolute Gasteiger partial charge is 0.263 e. The number of hydrogen-bond donors (Lipinski definition) is 1. The molecule has 1 aliphatic rings. The molecule has 1 atom stereocenters. The summed E-state index contributed by atoms with van der Waals surface area (Å²) in [6.07, 6.45) is 3.21.